The molecule has 1 saturated carbocycles. The number of guanidine groups is 1. The monoisotopic (exact) mass is 444 g/mol. The molecule has 0 aromatic heterocycles. The number of rotatable bonds is 6. The van der Waals surface area contributed by atoms with Crippen LogP contribution >= 0.6 is 0 Å². The molecule has 31 heavy (non-hydrogen) atoms. The SMILES string of the molecule is C/C=C(\C=C/C(C)[S+]([O-])N1CCN=C1N1CCN(C2CCC2)CC1)c1ccccc1F. The standard InChI is InChI=1S/C24H33FN4OS/c1-3-20(22-9-4-5-10-23(22)25)12-11-19(2)31(30)29-14-13-26-24(29)28-17-15-27(16-18-28)21-7-6-8-21/h3-5,9-12,19,21H,6-8,13-18H2,1-2H3/b12-11-,20-3+. The molecule has 0 radical (unpaired) electrons. The van der Waals surface area contributed by atoms with E-state index in [0.29, 0.717) is 18.7 Å². The zero-order valence-electron chi connectivity index (χ0n) is 18.5. The van der Waals surface area contributed by atoms with E-state index >= 15 is 0 Å². The topological polar surface area (TPSA) is 45.1 Å². The minimum absolute atomic E-state index is 0.193. The summed E-state index contributed by atoms with van der Waals surface area (Å²) in [5, 5.41) is -0.193. The highest BCUT2D eigenvalue weighted by Crippen LogP contribution is 2.27. The van der Waals surface area contributed by atoms with E-state index in [4.69, 9.17) is 4.99 Å². The summed E-state index contributed by atoms with van der Waals surface area (Å²) in [4.78, 5) is 9.59. The summed E-state index contributed by atoms with van der Waals surface area (Å²) in [7, 11) is 0. The summed E-state index contributed by atoms with van der Waals surface area (Å²) in [6.45, 7) is 9.24. The van der Waals surface area contributed by atoms with Gasteiger partial charge in [-0.1, -0.05) is 36.8 Å². The molecule has 2 heterocycles. The molecule has 0 spiro atoms. The minimum Gasteiger partial charge on any atom is -0.592 e. The van der Waals surface area contributed by atoms with Crippen molar-refractivity contribution in [3.8, 4) is 0 Å². The molecule has 1 aromatic rings. The number of hydrogen-bond donors (Lipinski definition) is 0. The second-order valence-electron chi connectivity index (χ2n) is 8.46. The van der Waals surface area contributed by atoms with Gasteiger partial charge in [0.25, 0.3) is 0 Å². The molecule has 7 heteroatoms. The Morgan fingerprint density at radius 2 is 1.94 bits per heavy atom. The Balaban J connectivity index is 1.36. The van der Waals surface area contributed by atoms with Gasteiger partial charge in [-0.25, -0.2) is 9.38 Å². The van der Waals surface area contributed by atoms with Gasteiger partial charge in [0.15, 0.2) is 5.25 Å². The van der Waals surface area contributed by atoms with Crippen LogP contribution in [0.3, 0.4) is 0 Å². The van der Waals surface area contributed by atoms with Gasteiger partial charge in [0, 0.05) is 37.8 Å². The average molecular weight is 445 g/mol. The fraction of sp³-hybridized carbons (Fsp3) is 0.542. The van der Waals surface area contributed by atoms with Crippen molar-refractivity contribution in [3.05, 3.63) is 53.9 Å². The number of nitrogens with zero attached hydrogens (tertiary/aromatic N) is 4. The van der Waals surface area contributed by atoms with E-state index in [1.54, 1.807) is 12.1 Å². The van der Waals surface area contributed by atoms with Gasteiger partial charge < -0.3 is 9.45 Å². The third kappa shape index (κ3) is 4.99. The molecular formula is C24H33FN4OS. The van der Waals surface area contributed by atoms with Crippen molar-refractivity contribution in [2.75, 3.05) is 39.3 Å². The smallest absolute Gasteiger partial charge is 0.239 e. The van der Waals surface area contributed by atoms with E-state index < -0.39 is 11.4 Å². The van der Waals surface area contributed by atoms with Crippen molar-refractivity contribution in [1.82, 2.24) is 14.1 Å². The average Bonchev–Trinajstić information content (AvgIpc) is 3.24. The molecule has 3 aliphatic rings. The van der Waals surface area contributed by atoms with Gasteiger partial charge in [0.05, 0.1) is 24.5 Å². The van der Waals surface area contributed by atoms with Gasteiger partial charge in [0.1, 0.15) is 5.82 Å². The molecule has 0 bridgehead atoms. The first-order valence-corrected chi connectivity index (χ1v) is 12.6. The molecular weight excluding hydrogens is 411 g/mol. The van der Waals surface area contributed by atoms with Gasteiger partial charge >= 0.3 is 0 Å². The molecule has 2 aliphatic heterocycles. The Bertz CT molecular complexity index is 846. The molecule has 4 rings (SSSR count). The van der Waals surface area contributed by atoms with E-state index in [1.165, 1.54) is 25.3 Å². The van der Waals surface area contributed by atoms with Crippen molar-refractivity contribution in [3.63, 3.8) is 0 Å². The van der Waals surface area contributed by atoms with Crippen LogP contribution in [0.1, 0.15) is 38.7 Å². The Morgan fingerprint density at radius 1 is 1.19 bits per heavy atom. The lowest BCUT2D eigenvalue weighted by molar-refractivity contribution is 0.0833. The largest absolute Gasteiger partial charge is 0.592 e. The van der Waals surface area contributed by atoms with Crippen LogP contribution in [0.25, 0.3) is 5.57 Å². The van der Waals surface area contributed by atoms with Crippen LogP contribution in [0.5, 0.6) is 0 Å². The second-order valence-corrected chi connectivity index (χ2v) is 10.2. The zero-order valence-corrected chi connectivity index (χ0v) is 19.4. The van der Waals surface area contributed by atoms with E-state index in [2.05, 4.69) is 9.80 Å². The van der Waals surface area contributed by atoms with Crippen LogP contribution in [-0.2, 0) is 11.4 Å². The number of allylic oxidation sites excluding steroid dienone is 3. The Morgan fingerprint density at radius 3 is 2.58 bits per heavy atom. The fourth-order valence-electron chi connectivity index (χ4n) is 4.43. The predicted octanol–water partition coefficient (Wildman–Crippen LogP) is 3.68. The maximum absolute atomic E-state index is 14.1. The van der Waals surface area contributed by atoms with Gasteiger partial charge in [0.2, 0.25) is 5.96 Å². The van der Waals surface area contributed by atoms with Gasteiger partial charge in [-0.15, -0.1) is 0 Å². The number of benzene rings is 1. The zero-order chi connectivity index (χ0) is 21.8. The van der Waals surface area contributed by atoms with Crippen molar-refractivity contribution in [2.45, 2.75) is 44.4 Å². The molecule has 1 saturated heterocycles. The Kier molecular flexibility index (Phi) is 7.35. The lowest BCUT2D eigenvalue weighted by atomic mass is 9.91. The molecule has 2 unspecified atom stereocenters. The maximum atomic E-state index is 14.1. The number of piperazine rings is 1. The molecule has 2 fully saturated rings. The van der Waals surface area contributed by atoms with E-state index in [1.807, 2.05) is 42.4 Å². The van der Waals surface area contributed by atoms with Crippen LogP contribution in [0.2, 0.25) is 0 Å². The highest BCUT2D eigenvalue weighted by atomic mass is 32.2. The molecule has 5 nitrogen and oxygen atoms in total. The van der Waals surface area contributed by atoms with Crippen LogP contribution in [0.4, 0.5) is 4.39 Å². The van der Waals surface area contributed by atoms with E-state index in [0.717, 1.165) is 43.8 Å². The number of halogens is 1. The molecule has 168 valence electrons. The summed E-state index contributed by atoms with van der Waals surface area (Å²) in [6.07, 6.45) is 9.72. The summed E-state index contributed by atoms with van der Waals surface area (Å²) in [5.74, 6) is 0.635. The lowest BCUT2D eigenvalue weighted by Gasteiger charge is -2.44. The van der Waals surface area contributed by atoms with E-state index in [-0.39, 0.29) is 11.1 Å². The third-order valence-electron chi connectivity index (χ3n) is 6.55. The summed E-state index contributed by atoms with van der Waals surface area (Å²) in [5.41, 5.74) is 1.36. The van der Waals surface area contributed by atoms with Gasteiger partial charge in [-0.05, 0) is 44.4 Å². The predicted molar refractivity (Wildman–Crippen MR) is 127 cm³/mol. The normalized spacial score (nSPS) is 23.2. The van der Waals surface area contributed by atoms with Crippen LogP contribution in [0.15, 0.2) is 47.5 Å². The third-order valence-corrected chi connectivity index (χ3v) is 8.12. The molecule has 0 amide bonds. The van der Waals surface area contributed by atoms with Crippen molar-refractivity contribution in [2.24, 2.45) is 4.99 Å². The maximum Gasteiger partial charge on any atom is 0.239 e. The van der Waals surface area contributed by atoms with Crippen LogP contribution in [-0.4, -0.2) is 75.2 Å². The Hall–Kier alpha value is -1.83. The molecule has 0 N–H and O–H groups in total. The Labute approximate surface area is 188 Å². The molecule has 1 aliphatic carbocycles. The number of aliphatic imine (C=N–C) groups is 1. The summed E-state index contributed by atoms with van der Waals surface area (Å²) in [6, 6.07) is 7.53. The van der Waals surface area contributed by atoms with Crippen molar-refractivity contribution < 1.29 is 8.94 Å². The quantitative estimate of drug-likeness (QED) is 0.496. The lowest BCUT2D eigenvalue weighted by Crippen LogP contribution is -2.56. The fourth-order valence-corrected chi connectivity index (χ4v) is 5.64. The van der Waals surface area contributed by atoms with Crippen LogP contribution < -0.4 is 0 Å². The summed E-state index contributed by atoms with van der Waals surface area (Å²) >= 11 is -1.22. The molecule has 1 aromatic carbocycles. The second kappa shape index (κ2) is 10.2. The first-order valence-electron chi connectivity index (χ1n) is 11.4. The first kappa shape index (κ1) is 22.4. The first-order chi connectivity index (χ1) is 15.1. The van der Waals surface area contributed by atoms with Crippen molar-refractivity contribution in [1.29, 1.82) is 0 Å². The number of hydrogen-bond acceptors (Lipinski definition) is 5. The van der Waals surface area contributed by atoms with Crippen molar-refractivity contribution >= 4 is 22.9 Å². The van der Waals surface area contributed by atoms with Gasteiger partial charge in [-0.3, -0.25) is 4.90 Å². The molecule has 2 atom stereocenters. The highest BCUT2D eigenvalue weighted by Gasteiger charge is 2.36. The highest BCUT2D eigenvalue weighted by molar-refractivity contribution is 7.90. The van der Waals surface area contributed by atoms with Crippen LogP contribution in [0, 0.1) is 5.82 Å². The van der Waals surface area contributed by atoms with Gasteiger partial charge in [-0.2, -0.15) is 4.31 Å². The minimum atomic E-state index is -1.22. The summed E-state index contributed by atoms with van der Waals surface area (Å²) < 4.78 is 29.4. The van der Waals surface area contributed by atoms with E-state index in [9.17, 15) is 8.94 Å².